The first-order valence-electron chi connectivity index (χ1n) is 10.3. The molecule has 2 aromatic carbocycles. The Kier molecular flexibility index (Phi) is 5.21. The molecule has 0 spiro atoms. The van der Waals surface area contributed by atoms with Crippen LogP contribution in [0.5, 0.6) is 0 Å². The fourth-order valence-corrected chi connectivity index (χ4v) is 4.28. The second kappa shape index (κ2) is 7.78. The van der Waals surface area contributed by atoms with Crippen molar-refractivity contribution in [2.45, 2.75) is 45.7 Å². The van der Waals surface area contributed by atoms with Gasteiger partial charge in [0, 0.05) is 25.2 Å². The molecule has 0 N–H and O–H groups in total. The minimum atomic E-state index is -0.229. The molecule has 1 unspecified atom stereocenters. The zero-order chi connectivity index (χ0) is 19.7. The Hall–Kier alpha value is -2.62. The van der Waals surface area contributed by atoms with Crippen molar-refractivity contribution < 1.29 is 9.59 Å². The molecule has 1 atom stereocenters. The minimum absolute atomic E-state index is 0.0289. The summed E-state index contributed by atoms with van der Waals surface area (Å²) < 4.78 is 0. The minimum Gasteiger partial charge on any atom is -0.343 e. The molecule has 0 radical (unpaired) electrons. The summed E-state index contributed by atoms with van der Waals surface area (Å²) in [4.78, 5) is 30.0. The molecule has 0 saturated carbocycles. The average Bonchev–Trinajstić information content (AvgIpc) is 3.04. The van der Waals surface area contributed by atoms with Gasteiger partial charge in [-0.15, -0.1) is 0 Å². The standard InChI is InChI=1S/C24H28N2O2/c1-17-7-9-19(10-8-17)22(15-23(27)25-13-11-18(2)12-14-25)26-16-20-5-3-4-6-21(20)24(26)28/h3-10,18,22H,11-16H2,1-2H3. The number of aryl methyl sites for hydroxylation is 1. The summed E-state index contributed by atoms with van der Waals surface area (Å²) in [6.45, 7) is 6.52. The number of hydrogen-bond donors (Lipinski definition) is 0. The highest BCUT2D eigenvalue weighted by atomic mass is 16.2. The van der Waals surface area contributed by atoms with Gasteiger partial charge in [-0.25, -0.2) is 0 Å². The Bertz CT molecular complexity index is 866. The lowest BCUT2D eigenvalue weighted by Gasteiger charge is -2.34. The maximum atomic E-state index is 13.1. The largest absolute Gasteiger partial charge is 0.343 e. The Morgan fingerprint density at radius 2 is 1.75 bits per heavy atom. The van der Waals surface area contributed by atoms with E-state index in [4.69, 9.17) is 0 Å². The molecule has 2 aliphatic rings. The van der Waals surface area contributed by atoms with Gasteiger partial charge in [-0.1, -0.05) is 55.0 Å². The molecule has 0 aromatic heterocycles. The smallest absolute Gasteiger partial charge is 0.255 e. The maximum absolute atomic E-state index is 13.1. The highest BCUT2D eigenvalue weighted by Crippen LogP contribution is 2.34. The molecule has 1 saturated heterocycles. The zero-order valence-corrected chi connectivity index (χ0v) is 16.7. The molecule has 2 aliphatic heterocycles. The third-order valence-corrected chi connectivity index (χ3v) is 6.19. The van der Waals surface area contributed by atoms with E-state index < -0.39 is 0 Å². The van der Waals surface area contributed by atoms with E-state index in [0.29, 0.717) is 18.9 Å². The fraction of sp³-hybridized carbons (Fsp3) is 0.417. The summed E-state index contributed by atoms with van der Waals surface area (Å²) in [5, 5.41) is 0. The van der Waals surface area contributed by atoms with Crippen LogP contribution < -0.4 is 0 Å². The number of piperidine rings is 1. The van der Waals surface area contributed by atoms with E-state index in [9.17, 15) is 9.59 Å². The summed E-state index contributed by atoms with van der Waals surface area (Å²) in [5.74, 6) is 0.870. The van der Waals surface area contributed by atoms with Crippen molar-refractivity contribution in [2.75, 3.05) is 13.1 Å². The van der Waals surface area contributed by atoms with Crippen LogP contribution in [0.1, 0.15) is 59.3 Å². The van der Waals surface area contributed by atoms with E-state index in [-0.39, 0.29) is 17.9 Å². The van der Waals surface area contributed by atoms with Gasteiger partial charge in [0.1, 0.15) is 0 Å². The predicted octanol–water partition coefficient (Wildman–Crippen LogP) is 4.34. The van der Waals surface area contributed by atoms with Crippen molar-refractivity contribution in [1.82, 2.24) is 9.80 Å². The predicted molar refractivity (Wildman–Crippen MR) is 110 cm³/mol. The number of nitrogens with zero attached hydrogens (tertiary/aromatic N) is 2. The fourth-order valence-electron chi connectivity index (χ4n) is 4.28. The van der Waals surface area contributed by atoms with Gasteiger partial charge >= 0.3 is 0 Å². The summed E-state index contributed by atoms with van der Waals surface area (Å²) in [5.41, 5.74) is 4.02. The van der Waals surface area contributed by atoms with Crippen molar-refractivity contribution in [3.8, 4) is 0 Å². The number of benzene rings is 2. The average molecular weight is 377 g/mol. The first-order chi connectivity index (χ1) is 13.5. The van der Waals surface area contributed by atoms with Crippen molar-refractivity contribution in [1.29, 1.82) is 0 Å². The lowest BCUT2D eigenvalue weighted by atomic mass is 9.97. The normalized spacial score (nSPS) is 18.3. The highest BCUT2D eigenvalue weighted by Gasteiger charge is 2.35. The number of carbonyl (C=O) groups is 2. The first-order valence-corrected chi connectivity index (χ1v) is 10.3. The van der Waals surface area contributed by atoms with Crippen LogP contribution in [0.3, 0.4) is 0 Å². The van der Waals surface area contributed by atoms with Crippen molar-refractivity contribution >= 4 is 11.8 Å². The van der Waals surface area contributed by atoms with Crippen LogP contribution in [0.15, 0.2) is 48.5 Å². The third kappa shape index (κ3) is 3.68. The van der Waals surface area contributed by atoms with Gasteiger partial charge in [-0.05, 0) is 42.9 Å². The van der Waals surface area contributed by atoms with E-state index in [1.807, 2.05) is 34.1 Å². The maximum Gasteiger partial charge on any atom is 0.255 e. The molecule has 146 valence electrons. The van der Waals surface area contributed by atoms with Gasteiger partial charge in [-0.3, -0.25) is 9.59 Å². The molecular weight excluding hydrogens is 348 g/mol. The lowest BCUT2D eigenvalue weighted by Crippen LogP contribution is -2.40. The highest BCUT2D eigenvalue weighted by molar-refractivity contribution is 5.98. The summed E-state index contributed by atoms with van der Waals surface area (Å²) >= 11 is 0. The first kappa shape index (κ1) is 18.7. The number of likely N-dealkylation sites (tertiary alicyclic amines) is 1. The second-order valence-corrected chi connectivity index (χ2v) is 8.28. The van der Waals surface area contributed by atoms with Gasteiger partial charge in [0.25, 0.3) is 5.91 Å². The Labute approximate surface area is 167 Å². The van der Waals surface area contributed by atoms with Crippen molar-refractivity contribution in [2.24, 2.45) is 5.92 Å². The van der Waals surface area contributed by atoms with Crippen LogP contribution >= 0.6 is 0 Å². The molecule has 4 heteroatoms. The van der Waals surface area contributed by atoms with Gasteiger partial charge in [-0.2, -0.15) is 0 Å². The monoisotopic (exact) mass is 376 g/mol. The quantitative estimate of drug-likeness (QED) is 0.796. The van der Waals surface area contributed by atoms with E-state index in [2.05, 4.69) is 38.1 Å². The Morgan fingerprint density at radius 3 is 2.43 bits per heavy atom. The lowest BCUT2D eigenvalue weighted by molar-refractivity contribution is -0.133. The molecule has 2 aromatic rings. The summed E-state index contributed by atoms with van der Waals surface area (Å²) in [6, 6.07) is 15.8. The molecule has 28 heavy (non-hydrogen) atoms. The van der Waals surface area contributed by atoms with Gasteiger partial charge < -0.3 is 9.80 Å². The molecule has 2 heterocycles. The zero-order valence-electron chi connectivity index (χ0n) is 16.7. The SMILES string of the molecule is Cc1ccc(C(CC(=O)N2CCC(C)CC2)N2Cc3ccccc3C2=O)cc1. The molecule has 0 aliphatic carbocycles. The van der Waals surface area contributed by atoms with Gasteiger partial charge in [0.2, 0.25) is 5.91 Å². The molecule has 0 bridgehead atoms. The molecule has 4 nitrogen and oxygen atoms in total. The van der Waals surface area contributed by atoms with Crippen LogP contribution in [-0.4, -0.2) is 34.7 Å². The van der Waals surface area contributed by atoms with Gasteiger partial charge in [0.05, 0.1) is 12.5 Å². The molecule has 1 fully saturated rings. The van der Waals surface area contributed by atoms with Crippen LogP contribution in [0, 0.1) is 12.8 Å². The summed E-state index contributed by atoms with van der Waals surface area (Å²) in [6.07, 6.45) is 2.47. The molecule has 4 rings (SSSR count). The van der Waals surface area contributed by atoms with Crippen LogP contribution in [0.4, 0.5) is 0 Å². The number of fused-ring (bicyclic) bond motifs is 1. The molecule has 2 amide bonds. The van der Waals surface area contributed by atoms with Crippen molar-refractivity contribution in [3.63, 3.8) is 0 Å². The second-order valence-electron chi connectivity index (χ2n) is 8.28. The number of hydrogen-bond acceptors (Lipinski definition) is 2. The van der Waals surface area contributed by atoms with E-state index in [1.165, 1.54) is 5.56 Å². The Morgan fingerprint density at radius 1 is 1.07 bits per heavy atom. The van der Waals surface area contributed by atoms with Crippen LogP contribution in [0.2, 0.25) is 0 Å². The molecular formula is C24H28N2O2. The third-order valence-electron chi connectivity index (χ3n) is 6.19. The van der Waals surface area contributed by atoms with E-state index in [0.717, 1.165) is 42.6 Å². The van der Waals surface area contributed by atoms with Crippen LogP contribution in [-0.2, 0) is 11.3 Å². The van der Waals surface area contributed by atoms with Gasteiger partial charge in [0.15, 0.2) is 0 Å². The summed E-state index contributed by atoms with van der Waals surface area (Å²) in [7, 11) is 0. The van der Waals surface area contributed by atoms with Crippen LogP contribution in [0.25, 0.3) is 0 Å². The number of amides is 2. The Balaban J connectivity index is 1.59. The number of rotatable bonds is 4. The van der Waals surface area contributed by atoms with Crippen molar-refractivity contribution in [3.05, 3.63) is 70.8 Å². The van der Waals surface area contributed by atoms with E-state index >= 15 is 0 Å². The van der Waals surface area contributed by atoms with E-state index in [1.54, 1.807) is 0 Å². The number of carbonyl (C=O) groups excluding carboxylic acids is 2. The topological polar surface area (TPSA) is 40.6 Å².